The van der Waals surface area contributed by atoms with Gasteiger partial charge >= 0.3 is 6.18 Å². The van der Waals surface area contributed by atoms with Crippen molar-refractivity contribution in [2.24, 2.45) is 0 Å². The molecule has 1 heterocycles. The number of alkyl halides is 3. The molecule has 1 aromatic rings. The molecule has 0 aliphatic carbocycles. The summed E-state index contributed by atoms with van der Waals surface area (Å²) in [6, 6.07) is 0. The SMILES string of the molecule is CCn1cc(C)nc1NCCCC(F)(F)F. The van der Waals surface area contributed by atoms with Crippen LogP contribution >= 0.6 is 0 Å². The lowest BCUT2D eigenvalue weighted by Gasteiger charge is -2.08. The zero-order chi connectivity index (χ0) is 12.2. The van der Waals surface area contributed by atoms with E-state index in [2.05, 4.69) is 10.3 Å². The third-order valence-electron chi connectivity index (χ3n) is 2.16. The maximum Gasteiger partial charge on any atom is 0.389 e. The average molecular weight is 235 g/mol. The number of nitrogens with zero attached hydrogens (tertiary/aromatic N) is 2. The highest BCUT2D eigenvalue weighted by Gasteiger charge is 2.25. The van der Waals surface area contributed by atoms with E-state index < -0.39 is 12.6 Å². The van der Waals surface area contributed by atoms with E-state index in [4.69, 9.17) is 0 Å². The second-order valence-corrected chi connectivity index (χ2v) is 3.64. The number of hydrogen-bond donors (Lipinski definition) is 1. The third-order valence-corrected chi connectivity index (χ3v) is 2.16. The van der Waals surface area contributed by atoms with Gasteiger partial charge in [0.25, 0.3) is 0 Å². The number of rotatable bonds is 5. The topological polar surface area (TPSA) is 29.9 Å². The van der Waals surface area contributed by atoms with Crippen molar-refractivity contribution in [1.82, 2.24) is 9.55 Å². The van der Waals surface area contributed by atoms with Crippen molar-refractivity contribution in [3.8, 4) is 0 Å². The standard InChI is InChI=1S/C10H16F3N3/c1-3-16-7-8(2)15-9(16)14-6-4-5-10(11,12)13/h7H,3-6H2,1-2H3,(H,14,15). The van der Waals surface area contributed by atoms with Gasteiger partial charge in [-0.25, -0.2) is 4.98 Å². The Kier molecular flexibility index (Phi) is 4.20. The van der Waals surface area contributed by atoms with Crippen molar-refractivity contribution < 1.29 is 13.2 Å². The fourth-order valence-corrected chi connectivity index (χ4v) is 1.42. The Labute approximate surface area is 92.7 Å². The number of hydrogen-bond acceptors (Lipinski definition) is 2. The van der Waals surface area contributed by atoms with E-state index in [0.717, 1.165) is 12.2 Å². The number of halogens is 3. The smallest absolute Gasteiger partial charge is 0.356 e. The lowest BCUT2D eigenvalue weighted by Crippen LogP contribution is -2.13. The van der Waals surface area contributed by atoms with Gasteiger partial charge in [0, 0.05) is 25.7 Å². The first kappa shape index (κ1) is 12.9. The molecule has 1 N–H and O–H groups in total. The molecule has 0 spiro atoms. The van der Waals surface area contributed by atoms with Gasteiger partial charge < -0.3 is 9.88 Å². The quantitative estimate of drug-likeness (QED) is 0.795. The van der Waals surface area contributed by atoms with Crippen LogP contribution in [0.1, 0.15) is 25.5 Å². The van der Waals surface area contributed by atoms with E-state index in [9.17, 15) is 13.2 Å². The first-order valence-corrected chi connectivity index (χ1v) is 5.27. The summed E-state index contributed by atoms with van der Waals surface area (Å²) >= 11 is 0. The molecule has 0 aliphatic heterocycles. The second-order valence-electron chi connectivity index (χ2n) is 3.64. The first-order chi connectivity index (χ1) is 7.42. The lowest BCUT2D eigenvalue weighted by molar-refractivity contribution is -0.134. The summed E-state index contributed by atoms with van der Waals surface area (Å²) in [5, 5.41) is 2.91. The van der Waals surface area contributed by atoms with Gasteiger partial charge in [-0.3, -0.25) is 0 Å². The third kappa shape index (κ3) is 4.12. The predicted octanol–water partition coefficient (Wildman–Crippen LogP) is 2.97. The summed E-state index contributed by atoms with van der Waals surface area (Å²) < 4.78 is 37.5. The first-order valence-electron chi connectivity index (χ1n) is 5.27. The Hall–Kier alpha value is -1.20. The average Bonchev–Trinajstić information content (AvgIpc) is 2.52. The van der Waals surface area contributed by atoms with Gasteiger partial charge in [-0.1, -0.05) is 0 Å². The van der Waals surface area contributed by atoms with E-state index in [1.165, 1.54) is 0 Å². The zero-order valence-electron chi connectivity index (χ0n) is 9.43. The fraction of sp³-hybridized carbons (Fsp3) is 0.700. The number of aromatic nitrogens is 2. The van der Waals surface area contributed by atoms with Gasteiger partial charge in [0.2, 0.25) is 5.95 Å². The van der Waals surface area contributed by atoms with Crippen molar-refractivity contribution >= 4 is 5.95 Å². The Morgan fingerprint density at radius 3 is 2.69 bits per heavy atom. The molecule has 0 aliphatic rings. The summed E-state index contributed by atoms with van der Waals surface area (Å²) in [6.07, 6.45) is -2.89. The van der Waals surface area contributed by atoms with Crippen molar-refractivity contribution in [3.63, 3.8) is 0 Å². The molecule has 0 atom stereocenters. The van der Waals surface area contributed by atoms with Crippen LogP contribution in [-0.4, -0.2) is 22.3 Å². The molecule has 1 aromatic heterocycles. The maximum absolute atomic E-state index is 11.9. The van der Waals surface area contributed by atoms with E-state index in [-0.39, 0.29) is 13.0 Å². The Balaban J connectivity index is 2.37. The van der Waals surface area contributed by atoms with Crippen LogP contribution in [0.3, 0.4) is 0 Å². The van der Waals surface area contributed by atoms with E-state index in [0.29, 0.717) is 5.95 Å². The summed E-state index contributed by atoms with van der Waals surface area (Å²) in [5.41, 5.74) is 0.861. The molecule has 6 heteroatoms. The van der Waals surface area contributed by atoms with Crippen molar-refractivity contribution in [2.75, 3.05) is 11.9 Å². The molecular weight excluding hydrogens is 219 g/mol. The van der Waals surface area contributed by atoms with Gasteiger partial charge in [-0.05, 0) is 20.3 Å². The molecule has 0 fully saturated rings. The molecule has 0 saturated heterocycles. The number of anilines is 1. The highest BCUT2D eigenvalue weighted by atomic mass is 19.4. The molecule has 92 valence electrons. The van der Waals surface area contributed by atoms with Crippen LogP contribution in [0, 0.1) is 6.92 Å². The minimum absolute atomic E-state index is 0.0686. The normalized spacial score (nSPS) is 11.8. The van der Waals surface area contributed by atoms with Crippen molar-refractivity contribution in [2.45, 2.75) is 39.4 Å². The summed E-state index contributed by atoms with van der Waals surface area (Å²) in [6.45, 7) is 4.85. The highest BCUT2D eigenvalue weighted by Crippen LogP contribution is 2.21. The Morgan fingerprint density at radius 2 is 2.12 bits per heavy atom. The predicted molar refractivity (Wildman–Crippen MR) is 56.4 cm³/mol. The van der Waals surface area contributed by atoms with Crippen molar-refractivity contribution in [3.05, 3.63) is 11.9 Å². The Morgan fingerprint density at radius 1 is 1.44 bits per heavy atom. The molecule has 1 rings (SSSR count). The van der Waals surface area contributed by atoms with E-state index in [1.54, 1.807) is 0 Å². The van der Waals surface area contributed by atoms with E-state index >= 15 is 0 Å². The zero-order valence-corrected chi connectivity index (χ0v) is 9.43. The van der Waals surface area contributed by atoms with Crippen LogP contribution in [0.5, 0.6) is 0 Å². The monoisotopic (exact) mass is 235 g/mol. The van der Waals surface area contributed by atoms with Crippen LogP contribution in [0.2, 0.25) is 0 Å². The largest absolute Gasteiger partial charge is 0.389 e. The Bertz CT molecular complexity index is 331. The molecule has 0 radical (unpaired) electrons. The lowest BCUT2D eigenvalue weighted by atomic mass is 10.3. The molecule has 16 heavy (non-hydrogen) atoms. The van der Waals surface area contributed by atoms with Crippen LogP contribution in [0.4, 0.5) is 19.1 Å². The molecule has 0 bridgehead atoms. The molecule has 0 unspecified atom stereocenters. The van der Waals surface area contributed by atoms with Crippen LogP contribution < -0.4 is 5.32 Å². The summed E-state index contributed by atoms with van der Waals surface area (Å²) in [4.78, 5) is 4.19. The summed E-state index contributed by atoms with van der Waals surface area (Å²) in [7, 11) is 0. The van der Waals surface area contributed by atoms with E-state index in [1.807, 2.05) is 24.6 Å². The maximum atomic E-state index is 11.9. The van der Waals surface area contributed by atoms with Gasteiger partial charge in [-0.15, -0.1) is 0 Å². The molecular formula is C10H16F3N3. The molecule has 0 aromatic carbocycles. The molecule has 0 saturated carbocycles. The van der Waals surface area contributed by atoms with Gasteiger partial charge in [0.15, 0.2) is 0 Å². The fourth-order valence-electron chi connectivity index (χ4n) is 1.42. The van der Waals surface area contributed by atoms with Crippen molar-refractivity contribution in [1.29, 1.82) is 0 Å². The van der Waals surface area contributed by atoms with Gasteiger partial charge in [0.1, 0.15) is 0 Å². The number of aryl methyl sites for hydroxylation is 2. The minimum Gasteiger partial charge on any atom is -0.356 e. The van der Waals surface area contributed by atoms with Gasteiger partial charge in [-0.2, -0.15) is 13.2 Å². The van der Waals surface area contributed by atoms with Crippen LogP contribution in [0.15, 0.2) is 6.20 Å². The highest BCUT2D eigenvalue weighted by molar-refractivity contribution is 5.28. The number of imidazole rings is 1. The minimum atomic E-state index is -4.07. The molecule has 0 amide bonds. The van der Waals surface area contributed by atoms with Crippen LogP contribution in [0.25, 0.3) is 0 Å². The van der Waals surface area contributed by atoms with Gasteiger partial charge in [0.05, 0.1) is 5.69 Å². The van der Waals surface area contributed by atoms with Crippen LogP contribution in [-0.2, 0) is 6.54 Å². The molecule has 3 nitrogen and oxygen atoms in total. The summed E-state index contributed by atoms with van der Waals surface area (Å²) in [5.74, 6) is 0.641. The second kappa shape index (κ2) is 5.23. The number of nitrogens with one attached hydrogen (secondary N) is 1.